The molecule has 0 heterocycles. The molecule has 0 N–H and O–H groups in total. The van der Waals surface area contributed by atoms with E-state index in [-0.39, 0.29) is 0 Å². The normalized spacial score (nSPS) is 35.5. The monoisotopic (exact) mass is 250 g/mol. The van der Waals surface area contributed by atoms with E-state index in [4.69, 9.17) is 0 Å². The van der Waals surface area contributed by atoms with Crippen molar-refractivity contribution in [3.63, 3.8) is 0 Å². The van der Waals surface area contributed by atoms with Crippen LogP contribution in [0.25, 0.3) is 5.57 Å². The number of allylic oxidation sites excluding steroid dienone is 4. The van der Waals surface area contributed by atoms with E-state index in [0.29, 0.717) is 5.41 Å². The molecule has 0 aliphatic heterocycles. The molecule has 3 aliphatic carbocycles. The van der Waals surface area contributed by atoms with Gasteiger partial charge in [-0.3, -0.25) is 0 Å². The molecule has 0 heteroatoms. The van der Waals surface area contributed by atoms with Gasteiger partial charge in [-0.2, -0.15) is 0 Å². The zero-order valence-electron chi connectivity index (χ0n) is 12.1. The van der Waals surface area contributed by atoms with Gasteiger partial charge in [-0.25, -0.2) is 0 Å². The van der Waals surface area contributed by atoms with E-state index in [1.54, 1.807) is 11.1 Å². The smallest absolute Gasteiger partial charge is 0.00213 e. The van der Waals surface area contributed by atoms with Crippen LogP contribution in [0.5, 0.6) is 0 Å². The predicted molar refractivity (Wildman–Crippen MR) is 80.5 cm³/mol. The van der Waals surface area contributed by atoms with Crippen molar-refractivity contribution in [1.29, 1.82) is 0 Å². The highest BCUT2D eigenvalue weighted by molar-refractivity contribution is 5.80. The number of benzene rings is 1. The lowest BCUT2D eigenvalue weighted by molar-refractivity contribution is 0.305. The summed E-state index contributed by atoms with van der Waals surface area (Å²) in [4.78, 5) is 0. The lowest BCUT2D eigenvalue weighted by atomic mass is 9.55. The second-order valence-electron chi connectivity index (χ2n) is 7.44. The second-order valence-corrected chi connectivity index (χ2v) is 7.44. The van der Waals surface area contributed by atoms with Gasteiger partial charge in [0.15, 0.2) is 0 Å². The summed E-state index contributed by atoms with van der Waals surface area (Å²) in [5, 5.41) is 0. The summed E-state index contributed by atoms with van der Waals surface area (Å²) < 4.78 is 0. The zero-order valence-corrected chi connectivity index (χ0v) is 12.1. The first-order chi connectivity index (χ1) is 9.07. The van der Waals surface area contributed by atoms with Crippen LogP contribution >= 0.6 is 0 Å². The molecular formula is C19H22. The Labute approximate surface area is 116 Å². The van der Waals surface area contributed by atoms with E-state index in [9.17, 15) is 0 Å². The van der Waals surface area contributed by atoms with E-state index in [2.05, 4.69) is 63.3 Å². The topological polar surface area (TPSA) is 0 Å². The average Bonchev–Trinajstić information content (AvgIpc) is 2.85. The third-order valence-corrected chi connectivity index (χ3v) is 5.31. The fraction of sp³-hybridized carbons (Fsp3) is 0.474. The molecule has 19 heavy (non-hydrogen) atoms. The minimum Gasteiger partial charge on any atom is -0.0845 e. The molecular weight excluding hydrogens is 228 g/mol. The zero-order chi connectivity index (χ0) is 13.2. The minimum atomic E-state index is 0.310. The Morgan fingerprint density at radius 1 is 0.895 bits per heavy atom. The van der Waals surface area contributed by atoms with E-state index >= 15 is 0 Å². The Kier molecular flexibility index (Phi) is 2.20. The lowest BCUT2D eigenvalue weighted by Crippen LogP contribution is -2.38. The lowest BCUT2D eigenvalue weighted by Gasteiger charge is -2.49. The number of hydrogen-bond donors (Lipinski definition) is 0. The molecule has 4 atom stereocenters. The fourth-order valence-corrected chi connectivity index (χ4v) is 4.74. The molecule has 0 unspecified atom stereocenters. The van der Waals surface area contributed by atoms with Crippen LogP contribution in [0.2, 0.25) is 0 Å². The summed E-state index contributed by atoms with van der Waals surface area (Å²) in [7, 11) is 0. The SMILES string of the molecule is CC(C)(C)C1=C(c2ccccc2)[C@@H]2[C@H]1[C@H]1C=C[C@@H]2C1. The van der Waals surface area contributed by atoms with Gasteiger partial charge in [-0.15, -0.1) is 0 Å². The molecule has 1 fully saturated rings. The van der Waals surface area contributed by atoms with Gasteiger partial charge in [-0.05, 0) is 46.6 Å². The highest BCUT2D eigenvalue weighted by Gasteiger charge is 2.56. The van der Waals surface area contributed by atoms with Gasteiger partial charge in [-0.1, -0.05) is 68.8 Å². The van der Waals surface area contributed by atoms with Crippen molar-refractivity contribution in [3.8, 4) is 0 Å². The predicted octanol–water partition coefficient (Wildman–Crippen LogP) is 4.94. The van der Waals surface area contributed by atoms with Gasteiger partial charge in [0, 0.05) is 0 Å². The maximum atomic E-state index is 2.49. The molecule has 3 aliphatic rings. The second kappa shape index (κ2) is 3.62. The van der Waals surface area contributed by atoms with Crippen molar-refractivity contribution in [2.45, 2.75) is 27.2 Å². The quantitative estimate of drug-likeness (QED) is 0.619. The number of fused-ring (bicyclic) bond motifs is 5. The largest absolute Gasteiger partial charge is 0.0845 e. The summed E-state index contributed by atoms with van der Waals surface area (Å²) in [6.07, 6.45) is 6.36. The van der Waals surface area contributed by atoms with Crippen molar-refractivity contribution in [2.75, 3.05) is 0 Å². The first kappa shape index (κ1) is 11.5. The summed E-state index contributed by atoms with van der Waals surface area (Å²) in [6, 6.07) is 11.1. The van der Waals surface area contributed by atoms with Crippen molar-refractivity contribution < 1.29 is 0 Å². The van der Waals surface area contributed by atoms with Crippen LogP contribution < -0.4 is 0 Å². The van der Waals surface area contributed by atoms with Crippen LogP contribution in [-0.4, -0.2) is 0 Å². The van der Waals surface area contributed by atoms with Gasteiger partial charge < -0.3 is 0 Å². The molecule has 0 amide bonds. The molecule has 0 aromatic heterocycles. The third kappa shape index (κ3) is 1.46. The van der Waals surface area contributed by atoms with Crippen molar-refractivity contribution >= 4 is 5.57 Å². The van der Waals surface area contributed by atoms with Gasteiger partial charge in [0.1, 0.15) is 0 Å². The molecule has 0 spiro atoms. The highest BCUT2D eigenvalue weighted by atomic mass is 14.6. The number of hydrogen-bond acceptors (Lipinski definition) is 0. The molecule has 1 aromatic carbocycles. The Morgan fingerprint density at radius 2 is 1.53 bits per heavy atom. The van der Waals surface area contributed by atoms with E-state index in [0.717, 1.165) is 23.7 Å². The number of rotatable bonds is 1. The fourth-order valence-electron chi connectivity index (χ4n) is 4.74. The third-order valence-electron chi connectivity index (χ3n) is 5.31. The van der Waals surface area contributed by atoms with Crippen LogP contribution in [-0.2, 0) is 0 Å². The van der Waals surface area contributed by atoms with Gasteiger partial charge in [0.2, 0.25) is 0 Å². The molecule has 98 valence electrons. The summed E-state index contributed by atoms with van der Waals surface area (Å²) in [5.74, 6) is 3.30. The molecule has 0 radical (unpaired) electrons. The van der Waals surface area contributed by atoms with Crippen LogP contribution in [0.15, 0.2) is 48.1 Å². The van der Waals surface area contributed by atoms with Crippen molar-refractivity contribution in [2.24, 2.45) is 29.1 Å². The highest BCUT2D eigenvalue weighted by Crippen LogP contribution is 2.66. The summed E-state index contributed by atoms with van der Waals surface area (Å²) in [6.45, 7) is 7.16. The average molecular weight is 250 g/mol. The van der Waals surface area contributed by atoms with Crippen molar-refractivity contribution in [3.05, 3.63) is 53.6 Å². The van der Waals surface area contributed by atoms with Crippen LogP contribution in [0, 0.1) is 29.1 Å². The van der Waals surface area contributed by atoms with E-state index in [1.807, 2.05) is 0 Å². The van der Waals surface area contributed by atoms with Crippen LogP contribution in [0.4, 0.5) is 0 Å². The molecule has 1 saturated carbocycles. The standard InChI is InChI=1S/C19H22/c1-19(2,3)18-16(12-7-5-4-6-8-12)15-13-9-10-14(11-13)17(15)18/h4-10,13-15,17H,11H2,1-3H3/t13-,14+,15-,17-/m1/s1. The molecule has 4 rings (SSSR count). The maximum Gasteiger partial charge on any atom is -0.00213 e. The Bertz CT molecular complexity index is 568. The maximum absolute atomic E-state index is 2.49. The molecule has 2 bridgehead atoms. The van der Waals surface area contributed by atoms with Gasteiger partial charge in [0.05, 0.1) is 0 Å². The first-order valence-corrected chi connectivity index (χ1v) is 7.55. The Hall–Kier alpha value is -1.30. The van der Waals surface area contributed by atoms with Gasteiger partial charge in [0.25, 0.3) is 0 Å². The Balaban J connectivity index is 1.86. The molecule has 0 nitrogen and oxygen atoms in total. The van der Waals surface area contributed by atoms with Crippen LogP contribution in [0.1, 0.15) is 32.8 Å². The van der Waals surface area contributed by atoms with Crippen molar-refractivity contribution in [1.82, 2.24) is 0 Å². The minimum absolute atomic E-state index is 0.310. The van der Waals surface area contributed by atoms with Gasteiger partial charge >= 0.3 is 0 Å². The van der Waals surface area contributed by atoms with E-state index < -0.39 is 0 Å². The summed E-state index contributed by atoms with van der Waals surface area (Å²) in [5.41, 5.74) is 5.19. The molecule has 0 saturated heterocycles. The van der Waals surface area contributed by atoms with E-state index in [1.165, 1.54) is 12.0 Å². The Morgan fingerprint density at radius 3 is 2.16 bits per heavy atom. The first-order valence-electron chi connectivity index (χ1n) is 7.55. The van der Waals surface area contributed by atoms with Crippen LogP contribution in [0.3, 0.4) is 0 Å². The summed E-state index contributed by atoms with van der Waals surface area (Å²) >= 11 is 0. The molecule has 1 aromatic rings.